The SMILES string of the molecule is CCCNc1cc([N+](=O)[O-])cc(SCC(C)CC)n1. The van der Waals surface area contributed by atoms with Crippen LogP contribution in [0.4, 0.5) is 11.5 Å². The molecule has 1 N–H and O–H groups in total. The molecule has 1 atom stereocenters. The molecule has 0 aliphatic rings. The van der Waals surface area contributed by atoms with Crippen molar-refractivity contribution in [3.63, 3.8) is 0 Å². The zero-order chi connectivity index (χ0) is 14.3. The van der Waals surface area contributed by atoms with E-state index < -0.39 is 0 Å². The maximum absolute atomic E-state index is 10.9. The highest BCUT2D eigenvalue weighted by Crippen LogP contribution is 2.26. The third-order valence-electron chi connectivity index (χ3n) is 2.77. The smallest absolute Gasteiger partial charge is 0.275 e. The number of hydrogen-bond acceptors (Lipinski definition) is 5. The summed E-state index contributed by atoms with van der Waals surface area (Å²) in [5.74, 6) is 2.10. The number of nitrogens with one attached hydrogen (secondary N) is 1. The number of nitrogens with zero attached hydrogens (tertiary/aromatic N) is 2. The molecule has 1 heterocycles. The molecule has 0 fully saturated rings. The second-order valence-electron chi connectivity index (χ2n) is 4.56. The van der Waals surface area contributed by atoms with Crippen molar-refractivity contribution in [3.8, 4) is 0 Å². The minimum Gasteiger partial charge on any atom is -0.370 e. The summed E-state index contributed by atoms with van der Waals surface area (Å²) in [6.45, 7) is 7.12. The average Bonchev–Trinajstić information content (AvgIpc) is 2.42. The van der Waals surface area contributed by atoms with Crippen LogP contribution < -0.4 is 5.32 Å². The van der Waals surface area contributed by atoms with Gasteiger partial charge in [0, 0.05) is 18.4 Å². The predicted molar refractivity (Wildman–Crippen MR) is 79.9 cm³/mol. The highest BCUT2D eigenvalue weighted by molar-refractivity contribution is 7.99. The van der Waals surface area contributed by atoms with Crippen LogP contribution in [-0.4, -0.2) is 22.2 Å². The van der Waals surface area contributed by atoms with Gasteiger partial charge in [-0.05, 0) is 12.3 Å². The first-order valence-electron chi connectivity index (χ1n) is 6.60. The van der Waals surface area contributed by atoms with E-state index in [-0.39, 0.29) is 10.6 Å². The van der Waals surface area contributed by atoms with Gasteiger partial charge in [0.05, 0.1) is 11.0 Å². The first-order chi connectivity index (χ1) is 9.06. The highest BCUT2D eigenvalue weighted by Gasteiger charge is 2.12. The molecule has 0 aromatic carbocycles. The van der Waals surface area contributed by atoms with Crippen LogP contribution in [0.25, 0.3) is 0 Å². The Balaban J connectivity index is 2.83. The first-order valence-corrected chi connectivity index (χ1v) is 7.58. The topological polar surface area (TPSA) is 68.1 Å². The van der Waals surface area contributed by atoms with Crippen molar-refractivity contribution in [3.05, 3.63) is 22.2 Å². The zero-order valence-electron chi connectivity index (χ0n) is 11.7. The molecular weight excluding hydrogens is 262 g/mol. The Morgan fingerprint density at radius 1 is 1.47 bits per heavy atom. The molecule has 0 spiro atoms. The minimum absolute atomic E-state index is 0.0975. The first kappa shape index (κ1) is 15.8. The largest absolute Gasteiger partial charge is 0.370 e. The van der Waals surface area contributed by atoms with E-state index in [4.69, 9.17) is 0 Å². The van der Waals surface area contributed by atoms with Crippen LogP contribution in [0.3, 0.4) is 0 Å². The summed E-state index contributed by atoms with van der Waals surface area (Å²) in [5, 5.41) is 14.7. The molecule has 0 amide bonds. The number of thioether (sulfide) groups is 1. The third kappa shape index (κ3) is 5.46. The van der Waals surface area contributed by atoms with E-state index in [1.807, 2.05) is 6.92 Å². The van der Waals surface area contributed by atoms with E-state index in [9.17, 15) is 10.1 Å². The Morgan fingerprint density at radius 3 is 2.79 bits per heavy atom. The maximum Gasteiger partial charge on any atom is 0.275 e. The number of anilines is 1. The van der Waals surface area contributed by atoms with Crippen LogP contribution in [-0.2, 0) is 0 Å². The number of nitro groups is 1. The third-order valence-corrected chi connectivity index (χ3v) is 4.01. The van der Waals surface area contributed by atoms with Crippen LogP contribution in [0.15, 0.2) is 17.2 Å². The van der Waals surface area contributed by atoms with Crippen molar-refractivity contribution in [2.24, 2.45) is 5.92 Å². The van der Waals surface area contributed by atoms with Crippen LogP contribution in [0.5, 0.6) is 0 Å². The zero-order valence-corrected chi connectivity index (χ0v) is 12.5. The Bertz CT molecular complexity index is 426. The fourth-order valence-corrected chi connectivity index (χ4v) is 2.42. The lowest BCUT2D eigenvalue weighted by Gasteiger charge is -2.09. The number of hydrogen-bond donors (Lipinski definition) is 1. The Kier molecular flexibility index (Phi) is 6.62. The van der Waals surface area contributed by atoms with Crippen LogP contribution in [0, 0.1) is 16.0 Å². The molecule has 0 saturated carbocycles. The molecule has 0 saturated heterocycles. The molecule has 0 aliphatic carbocycles. The van der Waals surface area contributed by atoms with Gasteiger partial charge in [0.2, 0.25) is 0 Å². The van der Waals surface area contributed by atoms with Gasteiger partial charge in [-0.2, -0.15) is 0 Å². The molecule has 19 heavy (non-hydrogen) atoms. The average molecular weight is 283 g/mol. The van der Waals surface area contributed by atoms with E-state index in [1.165, 1.54) is 6.07 Å². The van der Waals surface area contributed by atoms with Crippen molar-refractivity contribution < 1.29 is 4.92 Å². The van der Waals surface area contributed by atoms with Crippen molar-refractivity contribution >= 4 is 23.3 Å². The fraction of sp³-hybridized carbons (Fsp3) is 0.615. The monoisotopic (exact) mass is 283 g/mol. The van der Waals surface area contributed by atoms with Crippen molar-refractivity contribution in [1.29, 1.82) is 0 Å². The van der Waals surface area contributed by atoms with Crippen LogP contribution in [0.2, 0.25) is 0 Å². The number of rotatable bonds is 8. The molecule has 1 aromatic heterocycles. The molecule has 1 unspecified atom stereocenters. The van der Waals surface area contributed by atoms with Crippen LogP contribution >= 0.6 is 11.8 Å². The summed E-state index contributed by atoms with van der Waals surface area (Å²) in [6.07, 6.45) is 2.06. The summed E-state index contributed by atoms with van der Waals surface area (Å²) < 4.78 is 0. The Morgan fingerprint density at radius 2 is 2.21 bits per heavy atom. The van der Waals surface area contributed by atoms with Gasteiger partial charge in [0.15, 0.2) is 0 Å². The van der Waals surface area contributed by atoms with Gasteiger partial charge < -0.3 is 5.32 Å². The normalized spacial score (nSPS) is 12.2. The highest BCUT2D eigenvalue weighted by atomic mass is 32.2. The summed E-state index contributed by atoms with van der Waals surface area (Å²) in [7, 11) is 0. The Hall–Kier alpha value is -1.30. The second kappa shape index (κ2) is 7.99. The maximum atomic E-state index is 10.9. The molecule has 6 heteroatoms. The van der Waals surface area contributed by atoms with Gasteiger partial charge in [-0.1, -0.05) is 27.2 Å². The summed E-state index contributed by atoms with van der Waals surface area (Å²) in [5.41, 5.74) is 0.0975. The van der Waals surface area contributed by atoms with Crippen LogP contribution in [0.1, 0.15) is 33.6 Å². The van der Waals surface area contributed by atoms with E-state index in [2.05, 4.69) is 24.1 Å². The lowest BCUT2D eigenvalue weighted by molar-refractivity contribution is -0.385. The predicted octanol–water partition coefficient (Wildman–Crippen LogP) is 3.95. The summed E-state index contributed by atoms with van der Waals surface area (Å²) in [4.78, 5) is 15.0. The quantitative estimate of drug-likeness (QED) is 0.444. The lowest BCUT2D eigenvalue weighted by atomic mass is 10.2. The molecule has 5 nitrogen and oxygen atoms in total. The Labute approximate surface area is 118 Å². The molecule has 1 rings (SSSR count). The summed E-state index contributed by atoms with van der Waals surface area (Å²) >= 11 is 1.58. The molecule has 0 bridgehead atoms. The summed E-state index contributed by atoms with van der Waals surface area (Å²) in [6, 6.07) is 3.03. The van der Waals surface area contributed by atoms with Gasteiger partial charge in [-0.3, -0.25) is 10.1 Å². The van der Waals surface area contributed by atoms with E-state index in [1.54, 1.807) is 17.8 Å². The minimum atomic E-state index is -0.369. The lowest BCUT2D eigenvalue weighted by Crippen LogP contribution is -2.04. The van der Waals surface area contributed by atoms with E-state index in [0.29, 0.717) is 16.8 Å². The van der Waals surface area contributed by atoms with Crippen molar-refractivity contribution in [1.82, 2.24) is 4.98 Å². The van der Waals surface area contributed by atoms with Gasteiger partial charge >= 0.3 is 0 Å². The fourth-order valence-electron chi connectivity index (χ4n) is 1.36. The molecular formula is C13H21N3O2S. The molecule has 0 radical (unpaired) electrons. The van der Waals surface area contributed by atoms with Gasteiger partial charge in [-0.25, -0.2) is 4.98 Å². The standard InChI is InChI=1S/C13H21N3O2S/c1-4-6-14-12-7-11(16(17)18)8-13(15-12)19-9-10(3)5-2/h7-8,10H,4-6,9H2,1-3H3,(H,14,15). The van der Waals surface area contributed by atoms with Crippen molar-refractivity contribution in [2.45, 2.75) is 38.6 Å². The van der Waals surface area contributed by atoms with Crippen molar-refractivity contribution in [2.75, 3.05) is 17.6 Å². The molecule has 0 aliphatic heterocycles. The molecule has 106 valence electrons. The van der Waals surface area contributed by atoms with E-state index in [0.717, 1.165) is 25.1 Å². The van der Waals surface area contributed by atoms with E-state index >= 15 is 0 Å². The number of aromatic nitrogens is 1. The van der Waals surface area contributed by atoms with Gasteiger partial charge in [-0.15, -0.1) is 11.8 Å². The van der Waals surface area contributed by atoms with Gasteiger partial charge in [0.25, 0.3) is 5.69 Å². The number of pyridine rings is 1. The molecule has 1 aromatic rings. The second-order valence-corrected chi connectivity index (χ2v) is 5.60. The van der Waals surface area contributed by atoms with Gasteiger partial charge in [0.1, 0.15) is 10.8 Å².